The van der Waals surface area contributed by atoms with Gasteiger partial charge in [0.25, 0.3) is 0 Å². The zero-order valence-electron chi connectivity index (χ0n) is 8.97. The fourth-order valence-corrected chi connectivity index (χ4v) is 1.77. The van der Waals surface area contributed by atoms with E-state index >= 15 is 0 Å². The van der Waals surface area contributed by atoms with Gasteiger partial charge in [0.15, 0.2) is 0 Å². The molecule has 0 aliphatic rings. The quantitative estimate of drug-likeness (QED) is 0.812. The van der Waals surface area contributed by atoms with Gasteiger partial charge in [-0.1, -0.05) is 18.2 Å². The van der Waals surface area contributed by atoms with E-state index in [1.807, 2.05) is 30.6 Å². The van der Waals surface area contributed by atoms with E-state index in [-0.39, 0.29) is 0 Å². The molecule has 0 spiro atoms. The van der Waals surface area contributed by atoms with Crippen molar-refractivity contribution in [3.8, 4) is 0 Å². The fraction of sp³-hybridized carbons (Fsp3) is 0.167. The van der Waals surface area contributed by atoms with Gasteiger partial charge in [0.2, 0.25) is 5.95 Å². The van der Waals surface area contributed by atoms with E-state index in [9.17, 15) is 0 Å². The number of anilines is 2. The van der Waals surface area contributed by atoms with Crippen LogP contribution in [0.2, 0.25) is 0 Å². The van der Waals surface area contributed by atoms with Gasteiger partial charge >= 0.3 is 0 Å². The van der Waals surface area contributed by atoms with Crippen molar-refractivity contribution in [2.75, 3.05) is 11.4 Å². The maximum Gasteiger partial charge on any atom is 0.229 e. The van der Waals surface area contributed by atoms with Crippen molar-refractivity contribution in [2.24, 2.45) is 0 Å². The smallest absolute Gasteiger partial charge is 0.229 e. The normalized spacial score (nSPS) is 10.1. The summed E-state index contributed by atoms with van der Waals surface area (Å²) in [6.07, 6.45) is 3.66. The number of nitrogens with zero attached hydrogens (tertiary/aromatic N) is 3. The van der Waals surface area contributed by atoms with Crippen LogP contribution in [0.1, 0.15) is 6.92 Å². The molecule has 1 aromatic heterocycles. The van der Waals surface area contributed by atoms with Gasteiger partial charge < -0.3 is 4.90 Å². The second kappa shape index (κ2) is 5.25. The number of para-hydroxylation sites is 1. The number of hydrogen-bond acceptors (Lipinski definition) is 3. The van der Waals surface area contributed by atoms with Gasteiger partial charge in [0.05, 0.1) is 0 Å². The Morgan fingerprint density at radius 1 is 1.12 bits per heavy atom. The zero-order valence-corrected chi connectivity index (χ0v) is 11.1. The Kier molecular flexibility index (Phi) is 3.71. The molecule has 1 aromatic carbocycles. The van der Waals surface area contributed by atoms with Crippen molar-refractivity contribution in [3.05, 3.63) is 46.3 Å². The van der Waals surface area contributed by atoms with Crippen LogP contribution in [0, 0.1) is 3.57 Å². The average molecular weight is 325 g/mol. The van der Waals surface area contributed by atoms with Gasteiger partial charge in [-0.3, -0.25) is 0 Å². The monoisotopic (exact) mass is 325 g/mol. The standard InChI is InChI=1S/C12H12IN3/c1-2-16(11-6-4-3-5-7-11)12-14-8-10(13)9-15-12/h3-9H,2H2,1H3. The van der Waals surface area contributed by atoms with Gasteiger partial charge in [-0.25, -0.2) is 9.97 Å². The molecule has 0 N–H and O–H groups in total. The third-order valence-corrected chi connectivity index (χ3v) is 2.79. The van der Waals surface area contributed by atoms with E-state index in [4.69, 9.17) is 0 Å². The summed E-state index contributed by atoms with van der Waals surface area (Å²) in [4.78, 5) is 10.7. The zero-order chi connectivity index (χ0) is 11.4. The topological polar surface area (TPSA) is 29.0 Å². The van der Waals surface area contributed by atoms with Crippen LogP contribution < -0.4 is 4.90 Å². The lowest BCUT2D eigenvalue weighted by Gasteiger charge is -2.20. The molecule has 0 bridgehead atoms. The third-order valence-electron chi connectivity index (χ3n) is 2.23. The lowest BCUT2D eigenvalue weighted by Crippen LogP contribution is -2.18. The summed E-state index contributed by atoms with van der Waals surface area (Å²) in [6.45, 7) is 2.94. The van der Waals surface area contributed by atoms with Crippen LogP contribution in [0.5, 0.6) is 0 Å². The molecule has 0 unspecified atom stereocenters. The maximum absolute atomic E-state index is 4.33. The van der Waals surface area contributed by atoms with Crippen LogP contribution in [0.15, 0.2) is 42.7 Å². The van der Waals surface area contributed by atoms with Gasteiger partial charge in [0.1, 0.15) is 0 Å². The number of benzene rings is 1. The second-order valence-corrected chi connectivity index (χ2v) is 4.53. The molecular weight excluding hydrogens is 313 g/mol. The summed E-state index contributed by atoms with van der Waals surface area (Å²) in [5.74, 6) is 0.745. The van der Waals surface area contributed by atoms with Gasteiger partial charge in [-0.05, 0) is 41.6 Å². The summed E-state index contributed by atoms with van der Waals surface area (Å²) in [6, 6.07) is 10.2. The van der Waals surface area contributed by atoms with Crippen molar-refractivity contribution in [1.29, 1.82) is 0 Å². The van der Waals surface area contributed by atoms with E-state index in [0.717, 1.165) is 21.8 Å². The second-order valence-electron chi connectivity index (χ2n) is 3.28. The first-order valence-corrected chi connectivity index (χ1v) is 6.19. The predicted molar refractivity (Wildman–Crippen MR) is 73.9 cm³/mol. The van der Waals surface area contributed by atoms with Crippen molar-refractivity contribution < 1.29 is 0 Å². The van der Waals surface area contributed by atoms with E-state index in [1.165, 1.54) is 0 Å². The molecule has 1 heterocycles. The summed E-state index contributed by atoms with van der Waals surface area (Å²) in [5.41, 5.74) is 1.12. The number of halogens is 1. The van der Waals surface area contributed by atoms with Gasteiger partial charge in [0, 0.05) is 28.2 Å². The predicted octanol–water partition coefficient (Wildman–Crippen LogP) is 3.24. The summed E-state index contributed by atoms with van der Waals surface area (Å²) in [7, 11) is 0. The number of aromatic nitrogens is 2. The summed E-state index contributed by atoms with van der Waals surface area (Å²) < 4.78 is 1.05. The van der Waals surface area contributed by atoms with E-state index in [2.05, 4.69) is 56.5 Å². The molecule has 0 atom stereocenters. The van der Waals surface area contributed by atoms with E-state index in [0.29, 0.717) is 0 Å². The molecule has 0 saturated heterocycles. The molecule has 2 aromatic rings. The minimum atomic E-state index is 0.745. The molecule has 16 heavy (non-hydrogen) atoms. The highest BCUT2D eigenvalue weighted by Gasteiger charge is 2.08. The Labute approximate surface area is 109 Å². The average Bonchev–Trinajstić information content (AvgIpc) is 2.34. The van der Waals surface area contributed by atoms with Crippen LogP contribution >= 0.6 is 22.6 Å². The van der Waals surface area contributed by atoms with Crippen LogP contribution in [-0.4, -0.2) is 16.5 Å². The summed E-state index contributed by atoms with van der Waals surface area (Å²) in [5, 5.41) is 0. The third kappa shape index (κ3) is 2.49. The van der Waals surface area contributed by atoms with Crippen LogP contribution in [-0.2, 0) is 0 Å². The van der Waals surface area contributed by atoms with Crippen molar-refractivity contribution in [1.82, 2.24) is 9.97 Å². The Bertz CT molecular complexity index is 442. The van der Waals surface area contributed by atoms with Crippen LogP contribution in [0.25, 0.3) is 0 Å². The minimum absolute atomic E-state index is 0.745. The van der Waals surface area contributed by atoms with E-state index in [1.54, 1.807) is 0 Å². The molecule has 0 amide bonds. The Balaban J connectivity index is 2.33. The van der Waals surface area contributed by atoms with Crippen molar-refractivity contribution >= 4 is 34.2 Å². The number of rotatable bonds is 3. The maximum atomic E-state index is 4.33. The minimum Gasteiger partial charge on any atom is -0.311 e. The molecule has 0 fully saturated rings. The molecule has 0 saturated carbocycles. The van der Waals surface area contributed by atoms with Crippen molar-refractivity contribution in [3.63, 3.8) is 0 Å². The van der Waals surface area contributed by atoms with Crippen molar-refractivity contribution in [2.45, 2.75) is 6.92 Å². The lowest BCUT2D eigenvalue weighted by molar-refractivity contribution is 0.943. The lowest BCUT2D eigenvalue weighted by atomic mass is 10.3. The van der Waals surface area contributed by atoms with Gasteiger partial charge in [-0.15, -0.1) is 0 Å². The highest BCUT2D eigenvalue weighted by atomic mass is 127. The first kappa shape index (κ1) is 11.3. The first-order chi connectivity index (χ1) is 7.81. The SMILES string of the molecule is CCN(c1ccccc1)c1ncc(I)cn1. The highest BCUT2D eigenvalue weighted by molar-refractivity contribution is 14.1. The Hall–Kier alpha value is -1.17. The van der Waals surface area contributed by atoms with Crippen LogP contribution in [0.3, 0.4) is 0 Å². The fourth-order valence-electron chi connectivity index (χ4n) is 1.49. The first-order valence-electron chi connectivity index (χ1n) is 5.11. The molecule has 0 aliphatic carbocycles. The van der Waals surface area contributed by atoms with Gasteiger partial charge in [-0.2, -0.15) is 0 Å². The molecule has 0 aliphatic heterocycles. The largest absolute Gasteiger partial charge is 0.311 e. The molecule has 2 rings (SSSR count). The molecule has 3 nitrogen and oxygen atoms in total. The molecule has 4 heteroatoms. The molecule has 0 radical (unpaired) electrons. The molecule has 82 valence electrons. The summed E-state index contributed by atoms with van der Waals surface area (Å²) >= 11 is 2.20. The van der Waals surface area contributed by atoms with E-state index < -0.39 is 0 Å². The molecular formula is C12H12IN3. The van der Waals surface area contributed by atoms with Crippen LogP contribution in [0.4, 0.5) is 11.6 Å². The Morgan fingerprint density at radius 2 is 1.75 bits per heavy atom. The Morgan fingerprint density at radius 3 is 2.31 bits per heavy atom. The highest BCUT2D eigenvalue weighted by Crippen LogP contribution is 2.20. The number of hydrogen-bond donors (Lipinski definition) is 0.